The molecule has 1 unspecified atom stereocenters. The molecule has 0 saturated carbocycles. The van der Waals surface area contributed by atoms with Crippen LogP contribution in [0.3, 0.4) is 0 Å². The molecule has 4 nitrogen and oxygen atoms in total. The number of hydrogen-bond acceptors (Lipinski definition) is 3. The maximum absolute atomic E-state index is 12.8. The molecule has 0 radical (unpaired) electrons. The van der Waals surface area contributed by atoms with E-state index in [2.05, 4.69) is 41.1 Å². The van der Waals surface area contributed by atoms with Crippen LogP contribution in [-0.4, -0.2) is 66.9 Å². The van der Waals surface area contributed by atoms with Crippen molar-refractivity contribution in [2.75, 3.05) is 40.8 Å². The Hall–Kier alpha value is -1.39. The van der Waals surface area contributed by atoms with Gasteiger partial charge < -0.3 is 9.80 Å². The highest BCUT2D eigenvalue weighted by molar-refractivity contribution is 5.78. The van der Waals surface area contributed by atoms with E-state index in [1.165, 1.54) is 30.4 Å². The van der Waals surface area contributed by atoms with Crippen molar-refractivity contribution in [2.24, 2.45) is 0 Å². The summed E-state index contributed by atoms with van der Waals surface area (Å²) in [5.74, 6) is 0.241. The van der Waals surface area contributed by atoms with E-state index in [1.807, 2.05) is 19.0 Å². The van der Waals surface area contributed by atoms with E-state index in [-0.39, 0.29) is 11.4 Å². The lowest BCUT2D eigenvalue weighted by atomic mass is 9.81. The van der Waals surface area contributed by atoms with Crippen molar-refractivity contribution in [1.82, 2.24) is 14.7 Å². The van der Waals surface area contributed by atoms with Crippen molar-refractivity contribution in [1.29, 1.82) is 0 Å². The quantitative estimate of drug-likeness (QED) is 0.835. The van der Waals surface area contributed by atoms with E-state index in [9.17, 15) is 4.79 Å². The topological polar surface area (TPSA) is 26.8 Å². The fourth-order valence-corrected chi connectivity index (χ4v) is 4.11. The van der Waals surface area contributed by atoms with Crippen molar-refractivity contribution < 1.29 is 4.79 Å². The monoisotopic (exact) mass is 315 g/mol. The van der Waals surface area contributed by atoms with E-state index in [0.29, 0.717) is 6.54 Å². The summed E-state index contributed by atoms with van der Waals surface area (Å²) >= 11 is 0. The van der Waals surface area contributed by atoms with Crippen molar-refractivity contribution in [3.05, 3.63) is 35.4 Å². The van der Waals surface area contributed by atoms with Gasteiger partial charge in [0.2, 0.25) is 5.91 Å². The van der Waals surface area contributed by atoms with Crippen LogP contribution in [0, 0.1) is 0 Å². The number of benzene rings is 1. The normalized spacial score (nSPS) is 25.5. The zero-order valence-corrected chi connectivity index (χ0v) is 14.7. The van der Waals surface area contributed by atoms with Crippen molar-refractivity contribution in [3.63, 3.8) is 0 Å². The molecule has 2 aliphatic rings. The van der Waals surface area contributed by atoms with Crippen LogP contribution < -0.4 is 0 Å². The van der Waals surface area contributed by atoms with Gasteiger partial charge in [0, 0.05) is 18.6 Å². The fourth-order valence-electron chi connectivity index (χ4n) is 4.11. The molecule has 1 spiro atoms. The molecule has 1 aromatic rings. The van der Waals surface area contributed by atoms with Gasteiger partial charge in [0.1, 0.15) is 0 Å². The molecular weight excluding hydrogens is 286 g/mol. The summed E-state index contributed by atoms with van der Waals surface area (Å²) in [5.41, 5.74) is 2.84. The molecule has 0 aliphatic carbocycles. The zero-order valence-electron chi connectivity index (χ0n) is 14.7. The molecule has 2 aliphatic heterocycles. The number of hydrogen-bond donors (Lipinski definition) is 0. The highest BCUT2D eigenvalue weighted by atomic mass is 16.2. The number of nitrogens with zero attached hydrogens (tertiary/aromatic N) is 3. The number of carbonyl (C=O) groups is 1. The maximum atomic E-state index is 12.8. The van der Waals surface area contributed by atoms with Gasteiger partial charge in [-0.15, -0.1) is 0 Å². The predicted molar refractivity (Wildman–Crippen MR) is 93.3 cm³/mol. The van der Waals surface area contributed by atoms with Gasteiger partial charge in [-0.3, -0.25) is 9.69 Å². The van der Waals surface area contributed by atoms with Crippen molar-refractivity contribution in [3.8, 4) is 0 Å². The molecule has 0 bridgehead atoms. The number of piperidine rings is 1. The Bertz CT molecular complexity index is 571. The number of fused-ring (bicyclic) bond motifs is 1. The largest absolute Gasteiger partial charge is 0.335 e. The molecule has 1 aromatic carbocycles. The molecule has 2 heterocycles. The maximum Gasteiger partial charge on any atom is 0.237 e. The Labute approximate surface area is 140 Å². The van der Waals surface area contributed by atoms with Gasteiger partial charge in [0.15, 0.2) is 0 Å². The number of rotatable bonds is 2. The van der Waals surface area contributed by atoms with E-state index in [4.69, 9.17) is 0 Å². The molecule has 1 amide bonds. The molecular formula is C19H29N3O. The second-order valence-corrected chi connectivity index (χ2v) is 7.54. The third-order valence-corrected chi connectivity index (χ3v) is 5.48. The Morgan fingerprint density at radius 3 is 2.65 bits per heavy atom. The SMILES string of the molecule is CN(C)CC(=O)N1Cc2ccccc2CC2(CCCCN2C)C1. The lowest BCUT2D eigenvalue weighted by Crippen LogP contribution is -2.58. The van der Waals surface area contributed by atoms with E-state index in [1.54, 1.807) is 0 Å². The van der Waals surface area contributed by atoms with Gasteiger partial charge in [0.25, 0.3) is 0 Å². The lowest BCUT2D eigenvalue weighted by molar-refractivity contribution is -0.134. The first-order valence-corrected chi connectivity index (χ1v) is 8.71. The van der Waals surface area contributed by atoms with E-state index >= 15 is 0 Å². The summed E-state index contributed by atoms with van der Waals surface area (Å²) in [4.78, 5) is 19.3. The van der Waals surface area contributed by atoms with Crippen LogP contribution in [0.2, 0.25) is 0 Å². The molecule has 23 heavy (non-hydrogen) atoms. The summed E-state index contributed by atoms with van der Waals surface area (Å²) in [6.45, 7) is 3.23. The number of carbonyl (C=O) groups excluding carboxylic acids is 1. The van der Waals surface area contributed by atoms with Crippen LogP contribution in [0.1, 0.15) is 30.4 Å². The van der Waals surface area contributed by atoms with Crippen LogP contribution in [0.5, 0.6) is 0 Å². The van der Waals surface area contributed by atoms with Gasteiger partial charge in [-0.2, -0.15) is 0 Å². The minimum absolute atomic E-state index is 0.104. The number of likely N-dealkylation sites (N-methyl/N-ethyl adjacent to an activating group) is 2. The third kappa shape index (κ3) is 3.43. The predicted octanol–water partition coefficient (Wildman–Crippen LogP) is 1.99. The smallest absolute Gasteiger partial charge is 0.237 e. The molecule has 1 fully saturated rings. The van der Waals surface area contributed by atoms with Crippen LogP contribution in [0.25, 0.3) is 0 Å². The highest BCUT2D eigenvalue weighted by Gasteiger charge is 2.41. The third-order valence-electron chi connectivity index (χ3n) is 5.48. The van der Waals surface area contributed by atoms with Crippen LogP contribution in [-0.2, 0) is 17.8 Å². The minimum atomic E-state index is 0.104. The first-order chi connectivity index (χ1) is 11.0. The van der Waals surface area contributed by atoms with E-state index < -0.39 is 0 Å². The summed E-state index contributed by atoms with van der Waals surface area (Å²) in [5, 5.41) is 0. The van der Waals surface area contributed by atoms with Crippen molar-refractivity contribution >= 4 is 5.91 Å². The molecule has 0 aromatic heterocycles. The molecule has 0 N–H and O–H groups in total. The lowest BCUT2D eigenvalue weighted by Gasteiger charge is -2.47. The first-order valence-electron chi connectivity index (χ1n) is 8.71. The second-order valence-electron chi connectivity index (χ2n) is 7.54. The van der Waals surface area contributed by atoms with Gasteiger partial charge in [-0.1, -0.05) is 30.7 Å². The molecule has 4 heteroatoms. The molecule has 3 rings (SSSR count). The van der Waals surface area contributed by atoms with Crippen LogP contribution >= 0.6 is 0 Å². The first kappa shape index (κ1) is 16.5. The Kier molecular flexibility index (Phi) is 4.74. The fraction of sp³-hybridized carbons (Fsp3) is 0.632. The molecule has 1 atom stereocenters. The summed E-state index contributed by atoms with van der Waals surface area (Å²) in [7, 11) is 6.17. The number of amides is 1. The van der Waals surface area contributed by atoms with Crippen LogP contribution in [0.15, 0.2) is 24.3 Å². The van der Waals surface area contributed by atoms with E-state index in [0.717, 1.165) is 26.1 Å². The van der Waals surface area contributed by atoms with Crippen LogP contribution in [0.4, 0.5) is 0 Å². The zero-order chi connectivity index (χ0) is 16.4. The second kappa shape index (κ2) is 6.62. The van der Waals surface area contributed by atoms with Crippen molar-refractivity contribution in [2.45, 2.75) is 37.8 Å². The molecule has 126 valence electrons. The minimum Gasteiger partial charge on any atom is -0.335 e. The van der Waals surface area contributed by atoms with Gasteiger partial charge in [-0.05, 0) is 58.1 Å². The summed E-state index contributed by atoms with van der Waals surface area (Å²) < 4.78 is 0. The Morgan fingerprint density at radius 1 is 1.22 bits per heavy atom. The standard InChI is InChI=1S/C19H29N3O/c1-20(2)14-18(23)22-13-17-9-5-4-8-16(17)12-19(15-22)10-6-7-11-21(19)3/h4-5,8-9H,6-7,10-15H2,1-3H3. The number of likely N-dealkylation sites (tertiary alicyclic amines) is 1. The average molecular weight is 315 g/mol. The highest BCUT2D eigenvalue weighted by Crippen LogP contribution is 2.35. The summed E-state index contributed by atoms with van der Waals surface area (Å²) in [6.07, 6.45) is 4.78. The van der Waals surface area contributed by atoms with Gasteiger partial charge in [0.05, 0.1) is 6.54 Å². The van der Waals surface area contributed by atoms with Gasteiger partial charge >= 0.3 is 0 Å². The Balaban J connectivity index is 1.94. The molecule has 1 saturated heterocycles. The van der Waals surface area contributed by atoms with Gasteiger partial charge in [-0.25, -0.2) is 0 Å². The summed E-state index contributed by atoms with van der Waals surface area (Å²) in [6, 6.07) is 8.66. The average Bonchev–Trinajstić information content (AvgIpc) is 2.67. The Morgan fingerprint density at radius 2 is 1.96 bits per heavy atom.